The van der Waals surface area contributed by atoms with Crippen molar-refractivity contribution in [1.82, 2.24) is 0 Å². The van der Waals surface area contributed by atoms with Gasteiger partial charge in [0.15, 0.2) is 0 Å². The van der Waals surface area contributed by atoms with E-state index in [0.717, 1.165) is 28.0 Å². The van der Waals surface area contributed by atoms with Gasteiger partial charge in [0.25, 0.3) is 0 Å². The maximum absolute atomic E-state index is 8.85. The average Bonchev–Trinajstić information content (AvgIpc) is 2.25. The SMILES string of the molecule is N#Cc1ccccc1CSCCCBr. The summed E-state index contributed by atoms with van der Waals surface area (Å²) in [6.45, 7) is 0. The molecule has 14 heavy (non-hydrogen) atoms. The molecule has 1 rings (SSSR count). The molecule has 1 nitrogen and oxygen atoms in total. The monoisotopic (exact) mass is 269 g/mol. The Morgan fingerprint density at radius 1 is 1.36 bits per heavy atom. The Morgan fingerprint density at radius 2 is 2.14 bits per heavy atom. The fraction of sp³-hybridized carbons (Fsp3) is 0.364. The molecule has 0 saturated carbocycles. The number of alkyl halides is 1. The summed E-state index contributed by atoms with van der Waals surface area (Å²) in [5.41, 5.74) is 1.95. The van der Waals surface area contributed by atoms with Gasteiger partial charge < -0.3 is 0 Å². The third-order valence-corrected chi connectivity index (χ3v) is 3.47. The van der Waals surface area contributed by atoms with Crippen LogP contribution < -0.4 is 0 Å². The summed E-state index contributed by atoms with van der Waals surface area (Å²) >= 11 is 5.28. The van der Waals surface area contributed by atoms with Gasteiger partial charge >= 0.3 is 0 Å². The van der Waals surface area contributed by atoms with Crippen LogP contribution in [0.25, 0.3) is 0 Å². The van der Waals surface area contributed by atoms with Gasteiger partial charge in [-0.2, -0.15) is 17.0 Å². The molecule has 0 fully saturated rings. The van der Waals surface area contributed by atoms with Crippen molar-refractivity contribution < 1.29 is 0 Å². The van der Waals surface area contributed by atoms with E-state index in [9.17, 15) is 0 Å². The predicted molar refractivity (Wildman–Crippen MR) is 65.7 cm³/mol. The fourth-order valence-corrected chi connectivity index (χ4v) is 2.71. The van der Waals surface area contributed by atoms with Crippen LogP contribution in [0.3, 0.4) is 0 Å². The Balaban J connectivity index is 2.46. The number of nitriles is 1. The minimum atomic E-state index is 0.804. The van der Waals surface area contributed by atoms with Crippen LogP contribution in [-0.4, -0.2) is 11.1 Å². The zero-order valence-corrected chi connectivity index (χ0v) is 10.3. The van der Waals surface area contributed by atoms with E-state index in [2.05, 4.69) is 22.0 Å². The Kier molecular flexibility index (Phi) is 5.74. The maximum atomic E-state index is 8.85. The first-order valence-electron chi connectivity index (χ1n) is 4.50. The molecule has 0 aliphatic rings. The maximum Gasteiger partial charge on any atom is 0.0994 e. The van der Waals surface area contributed by atoms with Crippen LogP contribution >= 0.6 is 27.7 Å². The first-order valence-corrected chi connectivity index (χ1v) is 6.78. The summed E-state index contributed by atoms with van der Waals surface area (Å²) in [5, 5.41) is 9.91. The Hall–Kier alpha value is -0.460. The van der Waals surface area contributed by atoms with E-state index in [-0.39, 0.29) is 0 Å². The van der Waals surface area contributed by atoms with Crippen molar-refractivity contribution in [3.05, 3.63) is 35.4 Å². The highest BCUT2D eigenvalue weighted by Gasteiger charge is 1.99. The molecule has 74 valence electrons. The molecule has 3 heteroatoms. The third kappa shape index (κ3) is 3.73. The van der Waals surface area contributed by atoms with Gasteiger partial charge in [-0.05, 0) is 23.8 Å². The van der Waals surface area contributed by atoms with Gasteiger partial charge in [-0.25, -0.2) is 0 Å². The van der Waals surface area contributed by atoms with E-state index in [0.29, 0.717) is 0 Å². The largest absolute Gasteiger partial charge is 0.192 e. The van der Waals surface area contributed by atoms with E-state index >= 15 is 0 Å². The molecule has 0 aromatic heterocycles. The normalized spacial score (nSPS) is 9.71. The molecule has 0 atom stereocenters. The van der Waals surface area contributed by atoms with Crippen molar-refractivity contribution in [1.29, 1.82) is 5.26 Å². The molecule has 0 spiro atoms. The molecular formula is C11H12BrNS. The lowest BCUT2D eigenvalue weighted by Crippen LogP contribution is -1.88. The van der Waals surface area contributed by atoms with Gasteiger partial charge in [0, 0.05) is 11.1 Å². The van der Waals surface area contributed by atoms with Crippen LogP contribution in [0.5, 0.6) is 0 Å². The molecule has 0 heterocycles. The summed E-state index contributed by atoms with van der Waals surface area (Å²) in [5.74, 6) is 2.09. The van der Waals surface area contributed by atoms with Crippen LogP contribution in [0, 0.1) is 11.3 Å². The number of thioether (sulfide) groups is 1. The topological polar surface area (TPSA) is 23.8 Å². The molecule has 0 bridgehead atoms. The number of rotatable bonds is 5. The molecule has 1 aromatic carbocycles. The molecule has 0 aliphatic carbocycles. The lowest BCUT2D eigenvalue weighted by molar-refractivity contribution is 1.13. The van der Waals surface area contributed by atoms with Crippen LogP contribution in [0.15, 0.2) is 24.3 Å². The fourth-order valence-electron chi connectivity index (χ4n) is 1.09. The zero-order chi connectivity index (χ0) is 10.2. The first-order chi connectivity index (χ1) is 6.88. The second-order valence-electron chi connectivity index (χ2n) is 2.86. The minimum Gasteiger partial charge on any atom is -0.192 e. The Bertz CT molecular complexity index is 319. The van der Waals surface area contributed by atoms with Gasteiger partial charge in [-0.15, -0.1) is 0 Å². The Labute approximate surface area is 97.6 Å². The van der Waals surface area contributed by atoms with Crippen molar-refractivity contribution in [3.63, 3.8) is 0 Å². The summed E-state index contributed by atoms with van der Waals surface area (Å²) in [6.07, 6.45) is 1.18. The van der Waals surface area contributed by atoms with Crippen LogP contribution in [0.1, 0.15) is 17.5 Å². The van der Waals surface area contributed by atoms with E-state index < -0.39 is 0 Å². The molecule has 1 aromatic rings. The lowest BCUT2D eigenvalue weighted by Gasteiger charge is -2.02. The van der Waals surface area contributed by atoms with Crippen molar-refractivity contribution >= 4 is 27.7 Å². The minimum absolute atomic E-state index is 0.804. The van der Waals surface area contributed by atoms with E-state index in [1.54, 1.807) is 0 Å². The number of halogens is 1. The van der Waals surface area contributed by atoms with Crippen molar-refractivity contribution in [2.75, 3.05) is 11.1 Å². The molecule has 0 radical (unpaired) electrons. The molecule has 0 aliphatic heterocycles. The second-order valence-corrected chi connectivity index (χ2v) is 4.76. The predicted octanol–water partition coefficient (Wildman–Crippen LogP) is 3.58. The molecule has 0 saturated heterocycles. The summed E-state index contributed by atoms with van der Waals surface area (Å²) in [7, 11) is 0. The first kappa shape index (κ1) is 11.6. The van der Waals surface area contributed by atoms with Crippen molar-refractivity contribution in [2.45, 2.75) is 12.2 Å². The van der Waals surface area contributed by atoms with Gasteiger partial charge in [0.05, 0.1) is 11.6 Å². The third-order valence-electron chi connectivity index (χ3n) is 1.82. The van der Waals surface area contributed by atoms with Crippen molar-refractivity contribution in [3.8, 4) is 6.07 Å². The van der Waals surface area contributed by atoms with E-state index in [4.69, 9.17) is 5.26 Å². The smallest absolute Gasteiger partial charge is 0.0994 e. The highest BCUT2D eigenvalue weighted by molar-refractivity contribution is 9.09. The highest BCUT2D eigenvalue weighted by Crippen LogP contribution is 2.16. The number of nitrogens with zero attached hydrogens (tertiary/aromatic N) is 1. The van der Waals surface area contributed by atoms with Gasteiger partial charge in [-0.3, -0.25) is 0 Å². The zero-order valence-electron chi connectivity index (χ0n) is 7.87. The highest BCUT2D eigenvalue weighted by atomic mass is 79.9. The molecule has 0 N–H and O–H groups in total. The second kappa shape index (κ2) is 6.92. The van der Waals surface area contributed by atoms with E-state index in [1.807, 2.05) is 36.0 Å². The molecule has 0 amide bonds. The van der Waals surface area contributed by atoms with Crippen LogP contribution in [0.4, 0.5) is 0 Å². The standard InChI is InChI=1S/C11H12BrNS/c12-6-3-7-14-9-11-5-2-1-4-10(11)8-13/h1-2,4-5H,3,6-7,9H2. The van der Waals surface area contributed by atoms with Gasteiger partial charge in [-0.1, -0.05) is 34.1 Å². The summed E-state index contributed by atoms with van der Waals surface area (Å²) in [6, 6.07) is 10.0. The van der Waals surface area contributed by atoms with Gasteiger partial charge in [0.2, 0.25) is 0 Å². The van der Waals surface area contributed by atoms with Crippen LogP contribution in [0.2, 0.25) is 0 Å². The average molecular weight is 270 g/mol. The summed E-state index contributed by atoms with van der Waals surface area (Å²) < 4.78 is 0. The van der Waals surface area contributed by atoms with E-state index in [1.165, 1.54) is 6.42 Å². The number of benzene rings is 1. The number of hydrogen-bond acceptors (Lipinski definition) is 2. The molecule has 0 unspecified atom stereocenters. The van der Waals surface area contributed by atoms with Crippen LogP contribution in [-0.2, 0) is 5.75 Å². The Morgan fingerprint density at radius 3 is 2.86 bits per heavy atom. The van der Waals surface area contributed by atoms with Gasteiger partial charge in [0.1, 0.15) is 0 Å². The molecular weight excluding hydrogens is 258 g/mol. The lowest BCUT2D eigenvalue weighted by atomic mass is 10.1. The number of hydrogen-bond donors (Lipinski definition) is 0. The van der Waals surface area contributed by atoms with Crippen molar-refractivity contribution in [2.24, 2.45) is 0 Å². The quantitative estimate of drug-likeness (QED) is 0.603. The summed E-state index contributed by atoms with van der Waals surface area (Å²) in [4.78, 5) is 0.